The number of ether oxygens (including phenoxy) is 2. The van der Waals surface area contributed by atoms with Crippen LogP contribution in [0.25, 0.3) is 11.3 Å². The second-order valence-electron chi connectivity index (χ2n) is 8.30. The highest BCUT2D eigenvalue weighted by Gasteiger charge is 2.44. The maximum Gasteiger partial charge on any atom is 0.414 e. The molecule has 29 heavy (non-hydrogen) atoms. The lowest BCUT2D eigenvalue weighted by molar-refractivity contribution is 0.0571. The van der Waals surface area contributed by atoms with Gasteiger partial charge in [-0.1, -0.05) is 6.92 Å². The number of hydrogen-bond acceptors (Lipinski definition) is 6. The van der Waals surface area contributed by atoms with Gasteiger partial charge >= 0.3 is 6.09 Å². The minimum absolute atomic E-state index is 0.122. The van der Waals surface area contributed by atoms with E-state index in [1.165, 1.54) is 4.90 Å². The highest BCUT2D eigenvalue weighted by Crippen LogP contribution is 2.45. The van der Waals surface area contributed by atoms with Gasteiger partial charge in [-0.3, -0.25) is 4.90 Å². The molecule has 0 bridgehead atoms. The quantitative estimate of drug-likeness (QED) is 0.694. The lowest BCUT2D eigenvalue weighted by Crippen LogP contribution is -2.40. The molecule has 8 heteroatoms. The van der Waals surface area contributed by atoms with Gasteiger partial charge in [-0.05, 0) is 56.1 Å². The molecule has 0 fully saturated rings. The van der Waals surface area contributed by atoms with Crippen LogP contribution in [0.1, 0.15) is 38.8 Å². The van der Waals surface area contributed by atoms with Crippen molar-refractivity contribution in [3.63, 3.8) is 0 Å². The Labute approximate surface area is 175 Å². The first-order valence-corrected chi connectivity index (χ1v) is 9.53. The van der Waals surface area contributed by atoms with E-state index >= 15 is 0 Å². The molecule has 1 atom stereocenters. The highest BCUT2D eigenvalue weighted by atomic mass is 35.5. The third-order valence-electron chi connectivity index (χ3n) is 4.66. The van der Waals surface area contributed by atoms with Gasteiger partial charge in [-0.15, -0.1) is 0 Å². The number of hydrogen-bond donors (Lipinski definition) is 0. The van der Waals surface area contributed by atoms with Crippen LogP contribution in [-0.4, -0.2) is 41.9 Å². The number of amides is 1. The Morgan fingerprint density at radius 3 is 2.72 bits per heavy atom. The van der Waals surface area contributed by atoms with Gasteiger partial charge in [0.1, 0.15) is 11.7 Å². The molecule has 1 aliphatic rings. The van der Waals surface area contributed by atoms with Crippen LogP contribution in [0.4, 0.5) is 10.5 Å². The molecule has 1 aromatic carbocycles. The number of fused-ring (bicyclic) bond motifs is 1. The number of aromatic nitrogens is 2. The minimum atomic E-state index is -0.651. The Morgan fingerprint density at radius 2 is 2.14 bits per heavy atom. The maximum atomic E-state index is 12.9. The van der Waals surface area contributed by atoms with Gasteiger partial charge in [0.25, 0.3) is 0 Å². The first kappa shape index (κ1) is 21.0. The van der Waals surface area contributed by atoms with Gasteiger partial charge in [0.05, 0.1) is 23.6 Å². The average molecular weight is 415 g/mol. The summed E-state index contributed by atoms with van der Waals surface area (Å²) in [6.45, 7) is 8.14. The number of methoxy groups -OCH3 is 1. The van der Waals surface area contributed by atoms with Crippen molar-refractivity contribution in [2.45, 2.75) is 38.7 Å². The van der Waals surface area contributed by atoms with E-state index in [-0.39, 0.29) is 5.28 Å². The number of benzene rings is 1. The largest absolute Gasteiger partial charge is 0.443 e. The van der Waals surface area contributed by atoms with E-state index < -0.39 is 17.1 Å². The summed E-state index contributed by atoms with van der Waals surface area (Å²) in [4.78, 5) is 22.6. The molecule has 0 N–H and O–H groups in total. The molecule has 152 valence electrons. The molecule has 2 aromatic rings. The number of anilines is 1. The lowest BCUT2D eigenvalue weighted by atomic mass is 9.83. The van der Waals surface area contributed by atoms with Gasteiger partial charge in [-0.2, -0.15) is 5.26 Å². The highest BCUT2D eigenvalue weighted by molar-refractivity contribution is 6.28. The molecule has 1 amide bonds. The third-order valence-corrected chi connectivity index (χ3v) is 4.84. The Balaban J connectivity index is 2.18. The molecule has 7 nitrogen and oxygen atoms in total. The van der Waals surface area contributed by atoms with E-state index in [0.29, 0.717) is 30.1 Å². The predicted molar refractivity (Wildman–Crippen MR) is 110 cm³/mol. The Bertz CT molecular complexity index is 996. The van der Waals surface area contributed by atoms with Crippen LogP contribution in [-0.2, 0) is 14.9 Å². The molecule has 0 saturated carbocycles. The van der Waals surface area contributed by atoms with Crippen LogP contribution in [0.15, 0.2) is 24.4 Å². The van der Waals surface area contributed by atoms with Crippen LogP contribution in [0.2, 0.25) is 5.28 Å². The van der Waals surface area contributed by atoms with Gasteiger partial charge in [0, 0.05) is 30.8 Å². The third kappa shape index (κ3) is 4.19. The molecular weight excluding hydrogens is 392 g/mol. The van der Waals surface area contributed by atoms with E-state index in [9.17, 15) is 10.1 Å². The fourth-order valence-electron chi connectivity index (χ4n) is 3.54. The topological polar surface area (TPSA) is 88.3 Å². The standard InChI is InChI=1S/C21H23ClN4O3/c1-20(2,3)29-19(27)26-11-21(4,12-28-5)15-9-13(8-14(10-23)17(15)26)16-6-7-24-18(22)25-16/h6-9H,11-12H2,1-5H3/t21-/m1/s1. The van der Waals surface area contributed by atoms with Gasteiger partial charge in [-0.25, -0.2) is 14.8 Å². The minimum Gasteiger partial charge on any atom is -0.443 e. The van der Waals surface area contributed by atoms with Crippen molar-refractivity contribution in [2.75, 3.05) is 25.2 Å². The molecule has 0 saturated heterocycles. The van der Waals surface area contributed by atoms with E-state index in [2.05, 4.69) is 16.0 Å². The van der Waals surface area contributed by atoms with Crippen molar-refractivity contribution >= 4 is 23.4 Å². The molecule has 0 radical (unpaired) electrons. The van der Waals surface area contributed by atoms with E-state index in [1.807, 2.05) is 33.8 Å². The SMILES string of the molecule is COC[C@@]1(C)CN(C(=O)OC(C)(C)C)c2c(C#N)cc(-c3ccnc(Cl)n3)cc21. The smallest absolute Gasteiger partial charge is 0.414 e. The zero-order valence-corrected chi connectivity index (χ0v) is 17.9. The molecule has 1 aliphatic heterocycles. The number of halogens is 1. The summed E-state index contributed by atoms with van der Waals surface area (Å²) in [5.41, 5.74) is 1.89. The van der Waals surface area contributed by atoms with Crippen LogP contribution in [0.5, 0.6) is 0 Å². The normalized spacial score (nSPS) is 18.3. The van der Waals surface area contributed by atoms with E-state index in [4.69, 9.17) is 21.1 Å². The maximum absolute atomic E-state index is 12.9. The van der Waals surface area contributed by atoms with Crippen molar-refractivity contribution in [1.82, 2.24) is 9.97 Å². The molecule has 0 spiro atoms. The van der Waals surface area contributed by atoms with Crippen molar-refractivity contribution in [3.05, 3.63) is 40.8 Å². The Hall–Kier alpha value is -2.69. The summed E-state index contributed by atoms with van der Waals surface area (Å²) in [6.07, 6.45) is 1.07. The predicted octanol–water partition coefficient (Wildman–Crippen LogP) is 4.33. The summed E-state index contributed by atoms with van der Waals surface area (Å²) in [6, 6.07) is 7.57. The fourth-order valence-corrected chi connectivity index (χ4v) is 3.69. The summed E-state index contributed by atoms with van der Waals surface area (Å²) < 4.78 is 11.0. The van der Waals surface area contributed by atoms with Crippen LogP contribution < -0.4 is 4.90 Å². The number of nitrogens with zero attached hydrogens (tertiary/aromatic N) is 4. The van der Waals surface area contributed by atoms with Crippen molar-refractivity contribution in [2.24, 2.45) is 0 Å². The van der Waals surface area contributed by atoms with Crippen LogP contribution >= 0.6 is 11.6 Å². The number of carbonyl (C=O) groups excluding carboxylic acids is 1. The molecule has 3 rings (SSSR count). The van der Waals surface area contributed by atoms with Gasteiger partial charge < -0.3 is 9.47 Å². The summed E-state index contributed by atoms with van der Waals surface area (Å²) in [5, 5.41) is 9.96. The summed E-state index contributed by atoms with van der Waals surface area (Å²) >= 11 is 5.94. The van der Waals surface area contributed by atoms with Gasteiger partial charge in [0.15, 0.2) is 0 Å². The first-order valence-electron chi connectivity index (χ1n) is 9.15. The molecular formula is C21H23ClN4O3. The number of rotatable bonds is 3. The summed E-state index contributed by atoms with van der Waals surface area (Å²) in [5.74, 6) is 0. The second-order valence-corrected chi connectivity index (χ2v) is 8.64. The molecule has 0 unspecified atom stereocenters. The monoisotopic (exact) mass is 414 g/mol. The summed E-state index contributed by atoms with van der Waals surface area (Å²) in [7, 11) is 1.61. The Kier molecular flexibility index (Phi) is 5.52. The Morgan fingerprint density at radius 1 is 1.41 bits per heavy atom. The first-order chi connectivity index (χ1) is 13.6. The zero-order valence-electron chi connectivity index (χ0n) is 17.1. The van der Waals surface area contributed by atoms with Gasteiger partial charge in [0.2, 0.25) is 5.28 Å². The van der Waals surface area contributed by atoms with Crippen LogP contribution in [0, 0.1) is 11.3 Å². The lowest BCUT2D eigenvalue weighted by Gasteiger charge is -2.27. The van der Waals surface area contributed by atoms with Crippen molar-refractivity contribution in [1.29, 1.82) is 5.26 Å². The van der Waals surface area contributed by atoms with Crippen molar-refractivity contribution < 1.29 is 14.3 Å². The van der Waals surface area contributed by atoms with E-state index in [0.717, 1.165) is 11.1 Å². The zero-order chi connectivity index (χ0) is 21.4. The molecule has 1 aromatic heterocycles. The number of nitriles is 1. The average Bonchev–Trinajstić information content (AvgIpc) is 2.93. The van der Waals surface area contributed by atoms with E-state index in [1.54, 1.807) is 25.4 Å². The molecule has 0 aliphatic carbocycles. The van der Waals surface area contributed by atoms with Crippen molar-refractivity contribution in [3.8, 4) is 17.3 Å². The second kappa shape index (κ2) is 7.62. The number of carbonyl (C=O) groups is 1. The van der Waals surface area contributed by atoms with Crippen LogP contribution in [0.3, 0.4) is 0 Å². The molecule has 2 heterocycles. The fraction of sp³-hybridized carbons (Fsp3) is 0.429.